The highest BCUT2D eigenvalue weighted by atomic mass is 127. The minimum atomic E-state index is 0. The summed E-state index contributed by atoms with van der Waals surface area (Å²) < 4.78 is 10.5. The number of methoxy groups -OCH3 is 1. The molecular weight excluding hydrogens is 405 g/mol. The van der Waals surface area contributed by atoms with Crippen molar-refractivity contribution in [3.8, 4) is 5.75 Å². The van der Waals surface area contributed by atoms with Gasteiger partial charge >= 0.3 is 0 Å². The molecule has 0 radical (unpaired) electrons. The molecule has 0 bridgehead atoms. The topological polar surface area (TPSA) is 68.9 Å². The lowest BCUT2D eigenvalue weighted by Gasteiger charge is -2.07. The van der Waals surface area contributed by atoms with Gasteiger partial charge in [0.2, 0.25) is 0 Å². The molecule has 1 rings (SSSR count). The Morgan fingerprint density at radius 2 is 2.04 bits per heavy atom. The second-order valence-electron chi connectivity index (χ2n) is 5.18. The summed E-state index contributed by atoms with van der Waals surface area (Å²) in [5, 5.41) is 3.15. The Morgan fingerprint density at radius 3 is 2.78 bits per heavy atom. The summed E-state index contributed by atoms with van der Waals surface area (Å²) in [6, 6.07) is 7.88. The lowest BCUT2D eigenvalue weighted by Crippen LogP contribution is -2.32. The van der Waals surface area contributed by atoms with E-state index in [1.807, 2.05) is 24.3 Å². The zero-order valence-electron chi connectivity index (χ0n) is 14.2. The number of hydrogen-bond acceptors (Lipinski definition) is 3. The summed E-state index contributed by atoms with van der Waals surface area (Å²) in [4.78, 5) is 4.35. The van der Waals surface area contributed by atoms with Crippen LogP contribution in [0.3, 0.4) is 0 Å². The van der Waals surface area contributed by atoms with Crippen LogP contribution >= 0.6 is 24.0 Å². The van der Waals surface area contributed by atoms with Crippen molar-refractivity contribution in [1.29, 1.82) is 0 Å². The predicted octanol–water partition coefficient (Wildman–Crippen LogP) is 3.31. The Morgan fingerprint density at radius 1 is 1.22 bits per heavy atom. The number of guanidine groups is 1. The van der Waals surface area contributed by atoms with Crippen LogP contribution in [0.2, 0.25) is 0 Å². The molecule has 0 aromatic heterocycles. The third kappa shape index (κ3) is 11.2. The Labute approximate surface area is 157 Å². The fourth-order valence-electron chi connectivity index (χ4n) is 1.98. The molecule has 0 atom stereocenters. The fraction of sp³-hybridized carbons (Fsp3) is 0.588. The molecule has 1 aromatic carbocycles. The van der Waals surface area contributed by atoms with E-state index < -0.39 is 0 Å². The van der Waals surface area contributed by atoms with Gasteiger partial charge in [-0.25, -0.2) is 4.99 Å². The van der Waals surface area contributed by atoms with E-state index in [4.69, 9.17) is 15.2 Å². The van der Waals surface area contributed by atoms with Crippen LogP contribution in [0, 0.1) is 0 Å². The molecule has 0 heterocycles. The van der Waals surface area contributed by atoms with E-state index in [0.29, 0.717) is 25.7 Å². The zero-order chi connectivity index (χ0) is 16.0. The molecule has 0 unspecified atom stereocenters. The van der Waals surface area contributed by atoms with E-state index in [9.17, 15) is 0 Å². The minimum Gasteiger partial charge on any atom is -0.491 e. The fourth-order valence-corrected chi connectivity index (χ4v) is 1.98. The van der Waals surface area contributed by atoms with Gasteiger partial charge in [0.05, 0.1) is 13.2 Å². The van der Waals surface area contributed by atoms with Gasteiger partial charge in [0.25, 0.3) is 0 Å². The standard InChI is InChI=1S/C17H29N3O2.HI/c1-3-4-5-6-10-19-17(18)20-14-15-8-7-9-16(13-15)22-12-11-21-2;/h7-9,13H,3-6,10-12,14H2,1-2H3,(H3,18,19,20);1H. The summed E-state index contributed by atoms with van der Waals surface area (Å²) in [6.07, 6.45) is 4.88. The van der Waals surface area contributed by atoms with Crippen molar-refractivity contribution in [2.75, 3.05) is 26.9 Å². The molecule has 23 heavy (non-hydrogen) atoms. The minimum absolute atomic E-state index is 0. The van der Waals surface area contributed by atoms with Gasteiger partial charge in [-0.15, -0.1) is 24.0 Å². The number of aliphatic imine (C=N–C) groups is 1. The molecule has 0 aliphatic carbocycles. The summed E-state index contributed by atoms with van der Waals surface area (Å²) in [6.45, 7) is 4.77. The van der Waals surface area contributed by atoms with Crippen LogP contribution in [0.15, 0.2) is 29.3 Å². The quantitative estimate of drug-likeness (QED) is 0.242. The number of benzene rings is 1. The van der Waals surface area contributed by atoms with Gasteiger partial charge in [-0.3, -0.25) is 0 Å². The summed E-state index contributed by atoms with van der Waals surface area (Å²) in [5.74, 6) is 1.33. The Bertz CT molecular complexity index is 442. The Hall–Kier alpha value is -1.02. The second-order valence-corrected chi connectivity index (χ2v) is 5.18. The number of nitrogens with zero attached hydrogens (tertiary/aromatic N) is 1. The molecule has 1 aromatic rings. The number of nitrogens with one attached hydrogen (secondary N) is 1. The van der Waals surface area contributed by atoms with Crippen LogP contribution in [0.1, 0.15) is 38.2 Å². The number of rotatable bonds is 11. The molecule has 0 spiro atoms. The molecule has 5 nitrogen and oxygen atoms in total. The van der Waals surface area contributed by atoms with Crippen molar-refractivity contribution in [3.05, 3.63) is 29.8 Å². The maximum atomic E-state index is 5.86. The molecule has 0 amide bonds. The van der Waals surface area contributed by atoms with Crippen molar-refractivity contribution < 1.29 is 9.47 Å². The maximum Gasteiger partial charge on any atom is 0.188 e. The summed E-state index contributed by atoms with van der Waals surface area (Å²) in [7, 11) is 1.66. The van der Waals surface area contributed by atoms with Crippen LogP contribution in [0.4, 0.5) is 0 Å². The number of nitrogens with two attached hydrogens (primary N) is 1. The van der Waals surface area contributed by atoms with Crippen LogP contribution in [0.5, 0.6) is 5.75 Å². The van der Waals surface area contributed by atoms with E-state index in [2.05, 4.69) is 17.2 Å². The number of hydrogen-bond donors (Lipinski definition) is 2. The second kappa shape index (κ2) is 14.6. The maximum absolute atomic E-state index is 5.86. The number of ether oxygens (including phenoxy) is 2. The number of halogens is 1. The van der Waals surface area contributed by atoms with Gasteiger partial charge in [-0.2, -0.15) is 0 Å². The van der Waals surface area contributed by atoms with E-state index in [0.717, 1.165) is 24.3 Å². The van der Waals surface area contributed by atoms with Gasteiger partial charge in [0, 0.05) is 13.7 Å². The smallest absolute Gasteiger partial charge is 0.188 e. The van der Waals surface area contributed by atoms with Crippen molar-refractivity contribution in [3.63, 3.8) is 0 Å². The van der Waals surface area contributed by atoms with Crippen LogP contribution in [-0.4, -0.2) is 32.8 Å². The van der Waals surface area contributed by atoms with Gasteiger partial charge in [0.15, 0.2) is 5.96 Å². The highest BCUT2D eigenvalue weighted by molar-refractivity contribution is 14.0. The van der Waals surface area contributed by atoms with Crippen LogP contribution in [0.25, 0.3) is 0 Å². The summed E-state index contributed by atoms with van der Waals surface area (Å²) in [5.41, 5.74) is 6.94. The SMILES string of the molecule is CCCCCCNC(N)=NCc1cccc(OCCOC)c1.I. The van der Waals surface area contributed by atoms with Crippen molar-refractivity contribution in [1.82, 2.24) is 5.32 Å². The molecule has 0 aliphatic heterocycles. The Kier molecular flexibility index (Phi) is 13.9. The highest BCUT2D eigenvalue weighted by Crippen LogP contribution is 2.13. The average Bonchev–Trinajstić information content (AvgIpc) is 2.53. The molecule has 3 N–H and O–H groups in total. The summed E-state index contributed by atoms with van der Waals surface area (Å²) >= 11 is 0. The van der Waals surface area contributed by atoms with E-state index >= 15 is 0 Å². The van der Waals surface area contributed by atoms with E-state index in [-0.39, 0.29) is 24.0 Å². The largest absolute Gasteiger partial charge is 0.491 e. The highest BCUT2D eigenvalue weighted by Gasteiger charge is 1.98. The monoisotopic (exact) mass is 435 g/mol. The molecule has 6 heteroatoms. The average molecular weight is 435 g/mol. The van der Waals surface area contributed by atoms with Gasteiger partial charge in [-0.05, 0) is 24.1 Å². The first-order chi connectivity index (χ1) is 10.8. The molecule has 132 valence electrons. The third-order valence-corrected chi connectivity index (χ3v) is 3.22. The lowest BCUT2D eigenvalue weighted by atomic mass is 10.2. The first kappa shape index (κ1) is 22.0. The molecule has 0 aliphatic rings. The van der Waals surface area contributed by atoms with E-state index in [1.165, 1.54) is 19.3 Å². The molecular formula is C17H30IN3O2. The van der Waals surface area contributed by atoms with Gasteiger partial charge in [-0.1, -0.05) is 38.3 Å². The van der Waals surface area contributed by atoms with E-state index in [1.54, 1.807) is 7.11 Å². The van der Waals surface area contributed by atoms with Crippen LogP contribution < -0.4 is 15.8 Å². The van der Waals surface area contributed by atoms with Crippen LogP contribution in [-0.2, 0) is 11.3 Å². The Balaban J connectivity index is 0.00000484. The first-order valence-electron chi connectivity index (χ1n) is 8.00. The molecule has 0 fully saturated rings. The van der Waals surface area contributed by atoms with Gasteiger partial charge in [0.1, 0.15) is 12.4 Å². The van der Waals surface area contributed by atoms with Crippen molar-refractivity contribution in [2.24, 2.45) is 10.7 Å². The predicted molar refractivity (Wildman–Crippen MR) is 107 cm³/mol. The first-order valence-corrected chi connectivity index (χ1v) is 8.00. The van der Waals surface area contributed by atoms with Crippen molar-refractivity contribution in [2.45, 2.75) is 39.2 Å². The number of unbranched alkanes of at least 4 members (excludes halogenated alkanes) is 3. The lowest BCUT2D eigenvalue weighted by molar-refractivity contribution is 0.146. The zero-order valence-corrected chi connectivity index (χ0v) is 16.5. The molecule has 0 saturated carbocycles. The van der Waals surface area contributed by atoms with Gasteiger partial charge < -0.3 is 20.5 Å². The molecule has 0 saturated heterocycles. The third-order valence-electron chi connectivity index (χ3n) is 3.22. The van der Waals surface area contributed by atoms with Crippen molar-refractivity contribution >= 4 is 29.9 Å². The normalized spacial score (nSPS) is 11.0.